The number of fused-ring (bicyclic) bond motifs is 2. The molecule has 1 fully saturated rings. The van der Waals surface area contributed by atoms with Crippen molar-refractivity contribution in [1.29, 1.82) is 0 Å². The maximum Gasteiger partial charge on any atom is 0.273 e. The number of hydrogen-bond donors (Lipinski definition) is 4. The normalized spacial score (nSPS) is 17.3. The SMILES string of the molecule is COc1cc2c(cc1Nc1nnc(C(N)=O)c(Nc3ncccc3CO)n1)CN1CCCCC1C2. The van der Waals surface area contributed by atoms with Crippen molar-refractivity contribution in [3.05, 3.63) is 52.8 Å². The van der Waals surface area contributed by atoms with Crippen LogP contribution in [0.2, 0.25) is 0 Å². The van der Waals surface area contributed by atoms with E-state index in [0.29, 0.717) is 28.9 Å². The molecule has 2 aromatic heterocycles. The second-order valence-electron chi connectivity index (χ2n) is 8.76. The summed E-state index contributed by atoms with van der Waals surface area (Å²) in [6, 6.07) is 8.15. The largest absolute Gasteiger partial charge is 0.495 e. The summed E-state index contributed by atoms with van der Waals surface area (Å²) in [5, 5.41) is 23.7. The van der Waals surface area contributed by atoms with Gasteiger partial charge in [0.25, 0.3) is 5.91 Å². The Bertz CT molecular complexity index is 1250. The Labute approximate surface area is 202 Å². The van der Waals surface area contributed by atoms with Crippen LogP contribution in [-0.4, -0.2) is 55.8 Å². The van der Waals surface area contributed by atoms with E-state index in [9.17, 15) is 9.90 Å². The second-order valence-corrected chi connectivity index (χ2v) is 8.76. The van der Waals surface area contributed by atoms with Crippen molar-refractivity contribution in [1.82, 2.24) is 25.1 Å². The van der Waals surface area contributed by atoms with Crippen LogP contribution in [0.4, 0.5) is 23.3 Å². The number of hydrogen-bond acceptors (Lipinski definition) is 10. The van der Waals surface area contributed by atoms with E-state index in [1.54, 1.807) is 25.4 Å². The zero-order chi connectivity index (χ0) is 24.4. The zero-order valence-electron chi connectivity index (χ0n) is 19.5. The second kappa shape index (κ2) is 9.80. The van der Waals surface area contributed by atoms with E-state index in [4.69, 9.17) is 10.5 Å². The summed E-state index contributed by atoms with van der Waals surface area (Å²) in [7, 11) is 1.63. The summed E-state index contributed by atoms with van der Waals surface area (Å²) in [4.78, 5) is 23.1. The molecule has 0 aliphatic carbocycles. The summed E-state index contributed by atoms with van der Waals surface area (Å²) in [6.07, 6.45) is 6.33. The molecule has 1 aromatic carbocycles. The number of aliphatic hydroxyl groups excluding tert-OH is 1. The zero-order valence-corrected chi connectivity index (χ0v) is 19.5. The van der Waals surface area contributed by atoms with Crippen LogP contribution >= 0.6 is 0 Å². The van der Waals surface area contributed by atoms with E-state index in [2.05, 4.69) is 47.8 Å². The molecule has 5 rings (SSSR count). The molecule has 1 amide bonds. The van der Waals surface area contributed by atoms with Gasteiger partial charge in [-0.3, -0.25) is 9.69 Å². The molecule has 0 saturated carbocycles. The highest BCUT2D eigenvalue weighted by molar-refractivity contribution is 5.96. The number of aliphatic hydroxyl groups is 1. The summed E-state index contributed by atoms with van der Waals surface area (Å²) in [5.41, 5.74) is 9.12. The molecule has 35 heavy (non-hydrogen) atoms. The van der Waals surface area contributed by atoms with Gasteiger partial charge in [0.05, 0.1) is 19.4 Å². The molecule has 3 aromatic rings. The van der Waals surface area contributed by atoms with Crippen LogP contribution < -0.4 is 21.1 Å². The lowest BCUT2D eigenvalue weighted by Gasteiger charge is -2.40. The monoisotopic (exact) mass is 476 g/mol. The Hall–Kier alpha value is -3.83. The number of carbonyl (C=O) groups excluding carboxylic acids is 1. The molecule has 1 unspecified atom stereocenters. The van der Waals surface area contributed by atoms with Gasteiger partial charge in [-0.25, -0.2) is 4.98 Å². The molecule has 1 saturated heterocycles. The Kier molecular flexibility index (Phi) is 6.43. The van der Waals surface area contributed by atoms with Gasteiger partial charge in [-0.1, -0.05) is 12.5 Å². The van der Waals surface area contributed by atoms with Crippen molar-refractivity contribution in [3.8, 4) is 5.75 Å². The Morgan fingerprint density at radius 3 is 2.91 bits per heavy atom. The molecular weight excluding hydrogens is 448 g/mol. The molecule has 2 aliphatic rings. The van der Waals surface area contributed by atoms with Crippen molar-refractivity contribution in [3.63, 3.8) is 0 Å². The van der Waals surface area contributed by atoms with Crippen molar-refractivity contribution in [2.24, 2.45) is 5.73 Å². The van der Waals surface area contributed by atoms with Crippen molar-refractivity contribution in [2.45, 2.75) is 44.9 Å². The van der Waals surface area contributed by atoms with Crippen LogP contribution in [0.15, 0.2) is 30.5 Å². The Morgan fingerprint density at radius 1 is 1.23 bits per heavy atom. The van der Waals surface area contributed by atoms with Crippen LogP contribution in [0.25, 0.3) is 0 Å². The van der Waals surface area contributed by atoms with E-state index >= 15 is 0 Å². The van der Waals surface area contributed by atoms with Crippen LogP contribution in [0.1, 0.15) is 46.4 Å². The van der Waals surface area contributed by atoms with Crippen LogP contribution in [-0.2, 0) is 19.6 Å². The highest BCUT2D eigenvalue weighted by Gasteiger charge is 2.29. The topological polar surface area (TPSA) is 151 Å². The van der Waals surface area contributed by atoms with Gasteiger partial charge in [-0.15, -0.1) is 10.2 Å². The summed E-state index contributed by atoms with van der Waals surface area (Å²) in [5.74, 6) is 0.465. The first kappa shape index (κ1) is 22.9. The summed E-state index contributed by atoms with van der Waals surface area (Å²) < 4.78 is 5.66. The lowest BCUT2D eigenvalue weighted by Crippen LogP contribution is -2.43. The molecular formula is C24H28N8O3. The predicted octanol–water partition coefficient (Wildman–Crippen LogP) is 2.26. The third kappa shape index (κ3) is 4.73. The molecule has 4 heterocycles. The average molecular weight is 477 g/mol. The Morgan fingerprint density at radius 2 is 2.11 bits per heavy atom. The molecule has 1 atom stereocenters. The molecule has 182 valence electrons. The van der Waals surface area contributed by atoms with Crippen LogP contribution in [0.5, 0.6) is 5.75 Å². The smallest absolute Gasteiger partial charge is 0.273 e. The molecule has 0 radical (unpaired) electrons. The fourth-order valence-electron chi connectivity index (χ4n) is 4.79. The number of amides is 1. The predicted molar refractivity (Wildman–Crippen MR) is 130 cm³/mol. The maximum absolute atomic E-state index is 11.9. The number of ether oxygens (including phenoxy) is 1. The van der Waals surface area contributed by atoms with Gasteiger partial charge in [0, 0.05) is 24.3 Å². The number of pyridine rings is 1. The summed E-state index contributed by atoms with van der Waals surface area (Å²) in [6.45, 7) is 1.78. The first-order valence-electron chi connectivity index (χ1n) is 11.6. The minimum atomic E-state index is -0.789. The van der Waals surface area contributed by atoms with E-state index in [-0.39, 0.29) is 24.1 Å². The lowest BCUT2D eigenvalue weighted by atomic mass is 9.88. The van der Waals surface area contributed by atoms with Gasteiger partial charge in [0.15, 0.2) is 11.5 Å². The standard InChI is InChI=1S/C24H28N8O3/c1-35-19-11-15-9-17-6-2-3-8-32(17)12-16(15)10-18(19)27-24-29-23(20(21(25)34)30-31-24)28-22-14(13-33)5-4-7-26-22/h4-5,7,10-11,17,33H,2-3,6,8-9,12-13H2,1H3,(H2,25,34)(H2,26,27,28,29,31). The number of piperidine rings is 1. The minimum Gasteiger partial charge on any atom is -0.495 e. The van der Waals surface area contributed by atoms with Gasteiger partial charge in [0.2, 0.25) is 5.95 Å². The van der Waals surface area contributed by atoms with Gasteiger partial charge < -0.3 is 26.2 Å². The third-order valence-electron chi connectivity index (χ3n) is 6.56. The molecule has 5 N–H and O–H groups in total. The number of anilines is 4. The van der Waals surface area contributed by atoms with Crippen LogP contribution in [0.3, 0.4) is 0 Å². The number of nitrogens with two attached hydrogens (primary N) is 1. The number of benzene rings is 1. The third-order valence-corrected chi connectivity index (χ3v) is 6.56. The van der Waals surface area contributed by atoms with E-state index < -0.39 is 5.91 Å². The molecule has 0 spiro atoms. The van der Waals surface area contributed by atoms with Gasteiger partial charge in [-0.2, -0.15) is 4.98 Å². The van der Waals surface area contributed by atoms with Crippen molar-refractivity contribution >= 4 is 29.2 Å². The number of rotatable bonds is 7. The average Bonchev–Trinajstić information content (AvgIpc) is 2.87. The fraction of sp³-hybridized carbons (Fsp3) is 0.375. The van der Waals surface area contributed by atoms with Gasteiger partial charge in [-0.05, 0) is 55.1 Å². The highest BCUT2D eigenvalue weighted by Crippen LogP contribution is 2.36. The van der Waals surface area contributed by atoms with E-state index in [0.717, 1.165) is 19.5 Å². The first-order valence-corrected chi connectivity index (χ1v) is 11.6. The molecule has 11 heteroatoms. The Balaban J connectivity index is 1.46. The number of nitrogens with one attached hydrogen (secondary N) is 2. The molecule has 0 bridgehead atoms. The quantitative estimate of drug-likeness (QED) is 0.400. The first-order chi connectivity index (χ1) is 17.1. The number of aromatic nitrogens is 4. The minimum absolute atomic E-state index is 0.0801. The molecule has 11 nitrogen and oxygen atoms in total. The fourth-order valence-corrected chi connectivity index (χ4v) is 4.79. The number of carbonyl (C=O) groups is 1. The molecule has 2 aliphatic heterocycles. The number of nitrogens with zero attached hydrogens (tertiary/aromatic N) is 5. The highest BCUT2D eigenvalue weighted by atomic mass is 16.5. The summed E-state index contributed by atoms with van der Waals surface area (Å²) >= 11 is 0. The number of methoxy groups -OCH3 is 1. The van der Waals surface area contributed by atoms with Gasteiger partial charge in [0.1, 0.15) is 11.6 Å². The van der Waals surface area contributed by atoms with E-state index in [1.807, 2.05) is 0 Å². The van der Waals surface area contributed by atoms with E-state index in [1.165, 1.54) is 30.4 Å². The van der Waals surface area contributed by atoms with Crippen LogP contribution in [0, 0.1) is 0 Å². The lowest BCUT2D eigenvalue weighted by molar-refractivity contribution is 0.0995. The number of primary amides is 1. The van der Waals surface area contributed by atoms with Gasteiger partial charge >= 0.3 is 0 Å². The van der Waals surface area contributed by atoms with Crippen molar-refractivity contribution in [2.75, 3.05) is 24.3 Å². The van der Waals surface area contributed by atoms with Crippen molar-refractivity contribution < 1.29 is 14.6 Å². The maximum atomic E-state index is 11.9.